The predicted molar refractivity (Wildman–Crippen MR) is 70.8 cm³/mol. The van der Waals surface area contributed by atoms with E-state index in [4.69, 9.17) is 0 Å². The van der Waals surface area contributed by atoms with Crippen LogP contribution < -0.4 is 5.32 Å². The van der Waals surface area contributed by atoms with Crippen LogP contribution in [0.25, 0.3) is 0 Å². The summed E-state index contributed by atoms with van der Waals surface area (Å²) >= 11 is 1.83. The molecule has 0 bridgehead atoms. The molecule has 1 fully saturated rings. The van der Waals surface area contributed by atoms with Crippen LogP contribution in [0.1, 0.15) is 18.2 Å². The number of hydrogen-bond donors (Lipinski definition) is 1. The standard InChI is InChI=1S/C13H22N2S/c1-11-8-12(11)10-15(2)6-5-14-9-13-4-3-7-16-13/h3-4,7,11-12,14H,5-6,8-10H2,1-2H3. The molecule has 0 aliphatic heterocycles. The SMILES string of the molecule is CC1CC1CN(C)CCNCc1cccs1. The van der Waals surface area contributed by atoms with Crippen molar-refractivity contribution in [1.82, 2.24) is 10.2 Å². The van der Waals surface area contributed by atoms with E-state index >= 15 is 0 Å². The van der Waals surface area contributed by atoms with Crippen molar-refractivity contribution < 1.29 is 0 Å². The molecule has 2 nitrogen and oxygen atoms in total. The molecule has 0 spiro atoms. The van der Waals surface area contributed by atoms with Crippen molar-refractivity contribution >= 4 is 11.3 Å². The third-order valence-corrected chi connectivity index (χ3v) is 4.25. The van der Waals surface area contributed by atoms with Crippen molar-refractivity contribution in [2.75, 3.05) is 26.7 Å². The second-order valence-corrected chi connectivity index (χ2v) is 6.02. The first-order valence-corrected chi connectivity index (χ1v) is 7.05. The highest BCUT2D eigenvalue weighted by Gasteiger charge is 2.32. The van der Waals surface area contributed by atoms with E-state index in [0.29, 0.717) is 0 Å². The van der Waals surface area contributed by atoms with Gasteiger partial charge in [0.05, 0.1) is 0 Å². The number of rotatable bonds is 7. The van der Waals surface area contributed by atoms with Gasteiger partial charge in [-0.3, -0.25) is 0 Å². The average Bonchev–Trinajstić information content (AvgIpc) is 2.78. The van der Waals surface area contributed by atoms with Gasteiger partial charge >= 0.3 is 0 Å². The minimum Gasteiger partial charge on any atom is -0.311 e. The lowest BCUT2D eigenvalue weighted by molar-refractivity contribution is 0.313. The maximum atomic E-state index is 3.49. The summed E-state index contributed by atoms with van der Waals surface area (Å²) in [6, 6.07) is 4.30. The van der Waals surface area contributed by atoms with Crippen molar-refractivity contribution in [3.8, 4) is 0 Å². The highest BCUT2D eigenvalue weighted by molar-refractivity contribution is 7.09. The summed E-state index contributed by atoms with van der Waals surface area (Å²) in [5, 5.41) is 5.63. The fourth-order valence-corrected chi connectivity index (χ4v) is 2.71. The van der Waals surface area contributed by atoms with Gasteiger partial charge in [0.1, 0.15) is 0 Å². The minimum atomic E-state index is 0.974. The number of nitrogens with zero attached hydrogens (tertiary/aromatic N) is 1. The van der Waals surface area contributed by atoms with Crippen LogP contribution in [0.5, 0.6) is 0 Å². The molecular weight excluding hydrogens is 216 g/mol. The molecular formula is C13H22N2S. The lowest BCUT2D eigenvalue weighted by Crippen LogP contribution is -2.30. The summed E-state index contributed by atoms with van der Waals surface area (Å²) in [4.78, 5) is 3.88. The molecule has 2 atom stereocenters. The highest BCUT2D eigenvalue weighted by Crippen LogP contribution is 2.37. The van der Waals surface area contributed by atoms with Crippen LogP contribution in [0.4, 0.5) is 0 Å². The van der Waals surface area contributed by atoms with E-state index in [1.807, 2.05) is 11.3 Å². The molecule has 1 aromatic heterocycles. The van der Waals surface area contributed by atoms with Gasteiger partial charge in [0.2, 0.25) is 0 Å². The van der Waals surface area contributed by atoms with Crippen LogP contribution in [0.2, 0.25) is 0 Å². The van der Waals surface area contributed by atoms with Gasteiger partial charge < -0.3 is 10.2 Å². The first-order valence-electron chi connectivity index (χ1n) is 6.17. The number of likely N-dealkylation sites (N-methyl/N-ethyl adjacent to an activating group) is 1. The molecule has 0 amide bonds. The smallest absolute Gasteiger partial charge is 0.0300 e. The van der Waals surface area contributed by atoms with E-state index < -0.39 is 0 Å². The van der Waals surface area contributed by atoms with Crippen LogP contribution in [0.3, 0.4) is 0 Å². The van der Waals surface area contributed by atoms with Crippen molar-refractivity contribution in [2.45, 2.75) is 19.9 Å². The van der Waals surface area contributed by atoms with Gasteiger partial charge in [0, 0.05) is 31.1 Å². The van der Waals surface area contributed by atoms with Gasteiger partial charge in [-0.2, -0.15) is 0 Å². The second kappa shape index (κ2) is 5.80. The molecule has 0 radical (unpaired) electrons. The summed E-state index contributed by atoms with van der Waals surface area (Å²) in [7, 11) is 2.23. The summed E-state index contributed by atoms with van der Waals surface area (Å²) in [6.07, 6.45) is 1.44. The second-order valence-electron chi connectivity index (χ2n) is 4.99. The predicted octanol–water partition coefficient (Wildman–Crippen LogP) is 2.43. The Morgan fingerprint density at radius 1 is 1.56 bits per heavy atom. The van der Waals surface area contributed by atoms with E-state index in [1.165, 1.54) is 17.8 Å². The summed E-state index contributed by atoms with van der Waals surface area (Å²) in [6.45, 7) is 6.91. The molecule has 1 N–H and O–H groups in total. The Kier molecular flexibility index (Phi) is 4.38. The Bertz CT molecular complexity index is 297. The van der Waals surface area contributed by atoms with E-state index in [9.17, 15) is 0 Å². The van der Waals surface area contributed by atoms with E-state index in [0.717, 1.165) is 31.5 Å². The van der Waals surface area contributed by atoms with Crippen molar-refractivity contribution in [1.29, 1.82) is 0 Å². The third kappa shape index (κ3) is 3.89. The first-order chi connectivity index (χ1) is 7.75. The zero-order valence-electron chi connectivity index (χ0n) is 10.3. The molecule has 1 heterocycles. The van der Waals surface area contributed by atoms with Crippen LogP contribution in [0.15, 0.2) is 17.5 Å². The normalized spacial score (nSPS) is 23.9. The molecule has 90 valence electrons. The topological polar surface area (TPSA) is 15.3 Å². The number of thiophene rings is 1. The van der Waals surface area contributed by atoms with Crippen molar-refractivity contribution in [2.24, 2.45) is 11.8 Å². The van der Waals surface area contributed by atoms with Gasteiger partial charge in [-0.1, -0.05) is 13.0 Å². The quantitative estimate of drug-likeness (QED) is 0.734. The van der Waals surface area contributed by atoms with Crippen LogP contribution in [-0.2, 0) is 6.54 Å². The molecule has 16 heavy (non-hydrogen) atoms. The zero-order chi connectivity index (χ0) is 11.4. The monoisotopic (exact) mass is 238 g/mol. The molecule has 3 heteroatoms. The molecule has 2 rings (SSSR count). The van der Waals surface area contributed by atoms with E-state index in [2.05, 4.69) is 41.7 Å². The van der Waals surface area contributed by atoms with Gasteiger partial charge in [-0.05, 0) is 36.8 Å². The molecule has 2 unspecified atom stereocenters. The van der Waals surface area contributed by atoms with Crippen LogP contribution in [-0.4, -0.2) is 31.6 Å². The van der Waals surface area contributed by atoms with Crippen molar-refractivity contribution in [3.05, 3.63) is 22.4 Å². The minimum absolute atomic E-state index is 0.974. The van der Waals surface area contributed by atoms with Crippen molar-refractivity contribution in [3.63, 3.8) is 0 Å². The van der Waals surface area contributed by atoms with Gasteiger partial charge in [-0.15, -0.1) is 11.3 Å². The maximum absolute atomic E-state index is 3.49. The molecule has 0 saturated heterocycles. The third-order valence-electron chi connectivity index (χ3n) is 3.37. The summed E-state index contributed by atoms with van der Waals surface area (Å²) < 4.78 is 0. The fraction of sp³-hybridized carbons (Fsp3) is 0.692. The zero-order valence-corrected chi connectivity index (χ0v) is 11.1. The number of hydrogen-bond acceptors (Lipinski definition) is 3. The molecule has 1 aliphatic carbocycles. The summed E-state index contributed by atoms with van der Waals surface area (Å²) in [5.41, 5.74) is 0. The van der Waals surface area contributed by atoms with E-state index in [-0.39, 0.29) is 0 Å². The molecule has 1 saturated carbocycles. The highest BCUT2D eigenvalue weighted by atomic mass is 32.1. The molecule has 0 aromatic carbocycles. The van der Waals surface area contributed by atoms with Gasteiger partial charge in [0.25, 0.3) is 0 Å². The Labute approximate surface area is 103 Å². The molecule has 1 aromatic rings. The first kappa shape index (κ1) is 12.1. The summed E-state index contributed by atoms with van der Waals surface area (Å²) in [5.74, 6) is 1.95. The Morgan fingerprint density at radius 2 is 2.38 bits per heavy atom. The fourth-order valence-electron chi connectivity index (χ4n) is 2.04. The van der Waals surface area contributed by atoms with Crippen LogP contribution >= 0.6 is 11.3 Å². The Morgan fingerprint density at radius 3 is 3.00 bits per heavy atom. The maximum Gasteiger partial charge on any atom is 0.0300 e. The van der Waals surface area contributed by atoms with Gasteiger partial charge in [0.15, 0.2) is 0 Å². The largest absolute Gasteiger partial charge is 0.311 e. The number of nitrogens with one attached hydrogen (secondary N) is 1. The Balaban J connectivity index is 1.51. The van der Waals surface area contributed by atoms with Gasteiger partial charge in [-0.25, -0.2) is 0 Å². The average molecular weight is 238 g/mol. The molecule has 1 aliphatic rings. The lowest BCUT2D eigenvalue weighted by atomic mass is 10.3. The lowest BCUT2D eigenvalue weighted by Gasteiger charge is -2.16. The Hall–Kier alpha value is -0.380. The van der Waals surface area contributed by atoms with Crippen LogP contribution in [0, 0.1) is 11.8 Å². The van der Waals surface area contributed by atoms with E-state index in [1.54, 1.807) is 0 Å².